The lowest BCUT2D eigenvalue weighted by Gasteiger charge is -2.27. The molecule has 0 saturated heterocycles. The van der Waals surface area contributed by atoms with Crippen LogP contribution in [0.3, 0.4) is 0 Å². The monoisotopic (exact) mass is 268 g/mol. The van der Waals surface area contributed by atoms with E-state index in [1.165, 1.54) is 64.2 Å². The van der Waals surface area contributed by atoms with Gasteiger partial charge >= 0.3 is 5.97 Å². The molecule has 1 fully saturated rings. The van der Waals surface area contributed by atoms with E-state index in [1.54, 1.807) is 0 Å². The highest BCUT2D eigenvalue weighted by atomic mass is 16.5. The Morgan fingerprint density at radius 3 is 2.37 bits per heavy atom. The van der Waals surface area contributed by atoms with Crippen molar-refractivity contribution in [3.63, 3.8) is 0 Å². The molecule has 0 aliphatic heterocycles. The van der Waals surface area contributed by atoms with Gasteiger partial charge in [0.1, 0.15) is 6.10 Å². The van der Waals surface area contributed by atoms with Crippen molar-refractivity contribution in [1.82, 2.24) is 0 Å². The van der Waals surface area contributed by atoms with E-state index in [4.69, 9.17) is 4.74 Å². The third-order valence-electron chi connectivity index (χ3n) is 4.37. The second-order valence-corrected chi connectivity index (χ2v) is 6.11. The minimum Gasteiger partial charge on any atom is -0.462 e. The SMILES string of the molecule is CCCCCCCCC(=O)OC(C)C1CCCCC1. The first-order chi connectivity index (χ1) is 9.24. The second kappa shape index (κ2) is 10.3. The van der Waals surface area contributed by atoms with Gasteiger partial charge in [-0.15, -0.1) is 0 Å². The predicted octanol–water partition coefficient (Wildman–Crippen LogP) is 5.25. The third kappa shape index (κ3) is 7.59. The number of rotatable bonds is 9. The highest BCUT2D eigenvalue weighted by molar-refractivity contribution is 5.69. The van der Waals surface area contributed by atoms with E-state index in [0.717, 1.165) is 6.42 Å². The largest absolute Gasteiger partial charge is 0.462 e. The fourth-order valence-corrected chi connectivity index (χ4v) is 3.02. The lowest BCUT2D eigenvalue weighted by atomic mass is 9.86. The van der Waals surface area contributed by atoms with E-state index in [0.29, 0.717) is 12.3 Å². The molecule has 0 N–H and O–H groups in total. The van der Waals surface area contributed by atoms with Crippen molar-refractivity contribution in [3.05, 3.63) is 0 Å². The number of ether oxygens (including phenoxy) is 1. The van der Waals surface area contributed by atoms with Gasteiger partial charge in [-0.2, -0.15) is 0 Å². The average Bonchev–Trinajstić information content (AvgIpc) is 2.43. The lowest BCUT2D eigenvalue weighted by molar-refractivity contribution is -0.151. The lowest BCUT2D eigenvalue weighted by Crippen LogP contribution is -2.25. The van der Waals surface area contributed by atoms with Crippen molar-refractivity contribution >= 4 is 5.97 Å². The molecule has 19 heavy (non-hydrogen) atoms. The Morgan fingerprint density at radius 1 is 1.05 bits per heavy atom. The van der Waals surface area contributed by atoms with E-state index >= 15 is 0 Å². The molecular weight excluding hydrogens is 236 g/mol. The molecular formula is C17H32O2. The van der Waals surface area contributed by atoms with Crippen LogP contribution in [0, 0.1) is 5.92 Å². The van der Waals surface area contributed by atoms with Crippen LogP contribution < -0.4 is 0 Å². The summed E-state index contributed by atoms with van der Waals surface area (Å²) in [5.74, 6) is 0.635. The number of carbonyl (C=O) groups excluding carboxylic acids is 1. The molecule has 0 heterocycles. The Kier molecular flexibility index (Phi) is 8.94. The molecule has 1 saturated carbocycles. The van der Waals surface area contributed by atoms with Crippen LogP contribution in [0.4, 0.5) is 0 Å². The number of carbonyl (C=O) groups is 1. The molecule has 0 aromatic carbocycles. The Labute approximate surface area is 119 Å². The van der Waals surface area contributed by atoms with Crippen molar-refractivity contribution in [2.75, 3.05) is 0 Å². The van der Waals surface area contributed by atoms with Crippen molar-refractivity contribution in [1.29, 1.82) is 0 Å². The van der Waals surface area contributed by atoms with Crippen LogP contribution >= 0.6 is 0 Å². The first-order valence-electron chi connectivity index (χ1n) is 8.43. The molecule has 0 aromatic heterocycles. The van der Waals surface area contributed by atoms with Crippen LogP contribution in [-0.2, 0) is 9.53 Å². The molecule has 1 rings (SSSR count). The Balaban J connectivity index is 2.02. The highest BCUT2D eigenvalue weighted by Crippen LogP contribution is 2.28. The Morgan fingerprint density at radius 2 is 1.68 bits per heavy atom. The summed E-state index contributed by atoms with van der Waals surface area (Å²) >= 11 is 0. The zero-order valence-corrected chi connectivity index (χ0v) is 13.0. The molecule has 0 amide bonds. The molecule has 1 atom stereocenters. The smallest absolute Gasteiger partial charge is 0.306 e. The van der Waals surface area contributed by atoms with E-state index in [1.807, 2.05) is 0 Å². The van der Waals surface area contributed by atoms with Crippen molar-refractivity contribution < 1.29 is 9.53 Å². The van der Waals surface area contributed by atoms with Crippen LogP contribution in [0.1, 0.15) is 90.9 Å². The molecule has 1 unspecified atom stereocenters. The Hall–Kier alpha value is -0.530. The maximum Gasteiger partial charge on any atom is 0.306 e. The van der Waals surface area contributed by atoms with Gasteiger partial charge in [-0.3, -0.25) is 4.79 Å². The second-order valence-electron chi connectivity index (χ2n) is 6.11. The number of unbranched alkanes of at least 4 members (excludes halogenated alkanes) is 5. The molecule has 1 aliphatic carbocycles. The normalized spacial score (nSPS) is 18.2. The minimum atomic E-state index is 0.0218. The van der Waals surface area contributed by atoms with Gasteiger partial charge in [0.25, 0.3) is 0 Å². The molecule has 0 radical (unpaired) electrons. The zero-order chi connectivity index (χ0) is 13.9. The third-order valence-corrected chi connectivity index (χ3v) is 4.37. The highest BCUT2D eigenvalue weighted by Gasteiger charge is 2.22. The average molecular weight is 268 g/mol. The molecule has 2 nitrogen and oxygen atoms in total. The Bertz CT molecular complexity index is 231. The van der Waals surface area contributed by atoms with Gasteiger partial charge < -0.3 is 4.74 Å². The fraction of sp³-hybridized carbons (Fsp3) is 0.941. The van der Waals surface area contributed by atoms with Crippen LogP contribution in [0.15, 0.2) is 0 Å². The minimum absolute atomic E-state index is 0.0218. The first-order valence-corrected chi connectivity index (χ1v) is 8.43. The summed E-state index contributed by atoms with van der Waals surface area (Å²) in [6, 6.07) is 0. The summed E-state index contributed by atoms with van der Waals surface area (Å²) in [6.45, 7) is 4.30. The standard InChI is InChI=1S/C17H32O2/c1-3-4-5-6-7-11-14-17(18)19-15(2)16-12-9-8-10-13-16/h15-16H,3-14H2,1-2H3. The summed E-state index contributed by atoms with van der Waals surface area (Å²) in [6.07, 6.45) is 14.6. The van der Waals surface area contributed by atoms with E-state index in [9.17, 15) is 4.79 Å². The molecule has 0 bridgehead atoms. The number of hydrogen-bond donors (Lipinski definition) is 0. The van der Waals surface area contributed by atoms with Crippen LogP contribution in [0.5, 0.6) is 0 Å². The molecule has 112 valence electrons. The maximum atomic E-state index is 11.8. The summed E-state index contributed by atoms with van der Waals surface area (Å²) in [5, 5.41) is 0. The molecule has 2 heteroatoms. The first kappa shape index (κ1) is 16.5. The number of esters is 1. The predicted molar refractivity (Wildman–Crippen MR) is 80.1 cm³/mol. The fourth-order valence-electron chi connectivity index (χ4n) is 3.02. The molecule has 1 aliphatic rings. The van der Waals surface area contributed by atoms with Gasteiger partial charge in [0, 0.05) is 6.42 Å². The molecule has 0 spiro atoms. The van der Waals surface area contributed by atoms with Gasteiger partial charge in [-0.25, -0.2) is 0 Å². The molecule has 0 aromatic rings. The van der Waals surface area contributed by atoms with E-state index < -0.39 is 0 Å². The quantitative estimate of drug-likeness (QED) is 0.422. The van der Waals surface area contributed by atoms with E-state index in [2.05, 4.69) is 13.8 Å². The number of hydrogen-bond acceptors (Lipinski definition) is 2. The van der Waals surface area contributed by atoms with Gasteiger partial charge in [0.05, 0.1) is 0 Å². The summed E-state index contributed by atoms with van der Waals surface area (Å²) in [7, 11) is 0. The van der Waals surface area contributed by atoms with Gasteiger partial charge in [0.15, 0.2) is 0 Å². The van der Waals surface area contributed by atoms with E-state index in [-0.39, 0.29) is 12.1 Å². The topological polar surface area (TPSA) is 26.3 Å². The maximum absolute atomic E-state index is 11.8. The van der Waals surface area contributed by atoms with Crippen molar-refractivity contribution in [2.24, 2.45) is 5.92 Å². The summed E-state index contributed by atoms with van der Waals surface area (Å²) in [5.41, 5.74) is 0. The zero-order valence-electron chi connectivity index (χ0n) is 13.0. The van der Waals surface area contributed by atoms with Crippen LogP contribution in [-0.4, -0.2) is 12.1 Å². The van der Waals surface area contributed by atoms with Gasteiger partial charge in [0.2, 0.25) is 0 Å². The van der Waals surface area contributed by atoms with Gasteiger partial charge in [-0.1, -0.05) is 58.3 Å². The summed E-state index contributed by atoms with van der Waals surface area (Å²) in [4.78, 5) is 11.8. The van der Waals surface area contributed by atoms with Gasteiger partial charge in [-0.05, 0) is 32.1 Å². The summed E-state index contributed by atoms with van der Waals surface area (Å²) < 4.78 is 5.58. The van der Waals surface area contributed by atoms with Crippen LogP contribution in [0.2, 0.25) is 0 Å². The van der Waals surface area contributed by atoms with Crippen LogP contribution in [0.25, 0.3) is 0 Å². The van der Waals surface area contributed by atoms with Crippen molar-refractivity contribution in [2.45, 2.75) is 97.0 Å². The van der Waals surface area contributed by atoms with Crippen molar-refractivity contribution in [3.8, 4) is 0 Å².